The molecule has 1 aromatic rings. The molecule has 0 bridgehead atoms. The lowest BCUT2D eigenvalue weighted by molar-refractivity contribution is -0.253. The molecule has 0 saturated carbocycles. The number of alkyl halides is 4. The summed E-state index contributed by atoms with van der Waals surface area (Å²) in [5.74, 6) is -0.931. The maximum absolute atomic E-state index is 12.9. The van der Waals surface area contributed by atoms with E-state index in [0.717, 1.165) is 11.0 Å². The molecule has 22 heavy (non-hydrogen) atoms. The molecule has 120 valence electrons. The van der Waals surface area contributed by atoms with Crippen molar-refractivity contribution in [2.75, 3.05) is 18.5 Å². The van der Waals surface area contributed by atoms with E-state index in [0.29, 0.717) is 0 Å². The number of carbonyl (C=O) groups excluding carboxylic acids is 2. The highest BCUT2D eigenvalue weighted by Crippen LogP contribution is 2.32. The van der Waals surface area contributed by atoms with Crippen LogP contribution in [0.4, 0.5) is 28.0 Å². The molecule has 0 atom stereocenters. The Kier molecular flexibility index (Phi) is 3.99. The van der Waals surface area contributed by atoms with Crippen molar-refractivity contribution in [3.63, 3.8) is 0 Å². The molecule has 1 aliphatic heterocycles. The van der Waals surface area contributed by atoms with Crippen LogP contribution in [0.5, 0.6) is 5.75 Å². The quantitative estimate of drug-likeness (QED) is 0.633. The highest BCUT2D eigenvalue weighted by molar-refractivity contribution is 6.19. The number of rotatable bonds is 4. The molecule has 2 rings (SSSR count). The summed E-state index contributed by atoms with van der Waals surface area (Å²) in [6.07, 6.45) is -8.59. The molecule has 0 aromatic heterocycles. The number of likely N-dealkylation sites (N-methyl/N-ethyl adjacent to an activating group) is 1. The van der Waals surface area contributed by atoms with Crippen molar-refractivity contribution in [3.05, 3.63) is 23.8 Å². The maximum Gasteiger partial charge on any atom is 0.461 e. The summed E-state index contributed by atoms with van der Waals surface area (Å²) in [7, 11) is 1.44. The molecule has 0 spiro atoms. The number of nitrogens with zero attached hydrogens (tertiary/aromatic N) is 2. The molecule has 5 nitrogen and oxygen atoms in total. The molecule has 1 aromatic carbocycles. The summed E-state index contributed by atoms with van der Waals surface area (Å²) in [5, 5.41) is 0. The van der Waals surface area contributed by atoms with Gasteiger partial charge in [0.05, 0.1) is 5.69 Å². The summed E-state index contributed by atoms with van der Waals surface area (Å²) in [6, 6.07) is 2.88. The number of anilines is 1. The minimum Gasteiger partial charge on any atom is -0.428 e. The molecule has 1 heterocycles. The highest BCUT2D eigenvalue weighted by Gasteiger charge is 2.44. The van der Waals surface area contributed by atoms with Crippen LogP contribution in [0.3, 0.4) is 0 Å². The number of aryl methyl sites for hydroxylation is 1. The molecule has 0 N–H and O–H groups in total. The normalized spacial score (nSPS) is 16.0. The summed E-state index contributed by atoms with van der Waals surface area (Å²) in [6.45, 7) is 1.24. The van der Waals surface area contributed by atoms with Crippen LogP contribution in [0.25, 0.3) is 0 Å². The standard InChI is InChI=1S/C13H12F4N2O3/c1-7-5-8(19-10(20)6-18(2)12(19)21)3-4-9(7)22-13(16,17)11(14)15/h3-5,11H,6H2,1-2H3. The Morgan fingerprint density at radius 2 is 1.91 bits per heavy atom. The number of amides is 3. The zero-order valence-corrected chi connectivity index (χ0v) is 11.6. The minimum absolute atomic E-state index is 0.0907. The molecule has 0 unspecified atom stereocenters. The lowest BCUT2D eigenvalue weighted by Gasteiger charge is -2.20. The number of halogens is 4. The van der Waals surface area contributed by atoms with Crippen molar-refractivity contribution >= 4 is 17.6 Å². The Balaban J connectivity index is 2.27. The molecular formula is C13H12F4N2O3. The van der Waals surface area contributed by atoms with E-state index in [4.69, 9.17) is 0 Å². The number of urea groups is 1. The first-order chi connectivity index (χ1) is 10.1. The zero-order chi connectivity index (χ0) is 16.7. The second kappa shape index (κ2) is 5.47. The van der Waals surface area contributed by atoms with Gasteiger partial charge in [-0.05, 0) is 30.7 Å². The van der Waals surface area contributed by atoms with Crippen LogP contribution in [0.15, 0.2) is 18.2 Å². The average molecular weight is 320 g/mol. The Bertz CT molecular complexity index is 621. The van der Waals surface area contributed by atoms with E-state index in [1.54, 1.807) is 0 Å². The summed E-state index contributed by atoms with van der Waals surface area (Å²) >= 11 is 0. The number of imide groups is 1. The Morgan fingerprint density at radius 1 is 1.27 bits per heavy atom. The van der Waals surface area contributed by atoms with Crippen molar-refractivity contribution in [2.24, 2.45) is 0 Å². The fraction of sp³-hybridized carbons (Fsp3) is 0.385. The molecule has 3 amide bonds. The van der Waals surface area contributed by atoms with E-state index in [2.05, 4.69) is 4.74 Å². The van der Waals surface area contributed by atoms with Crippen LogP contribution in [0.1, 0.15) is 5.56 Å². The van der Waals surface area contributed by atoms with E-state index in [1.807, 2.05) is 0 Å². The molecule has 1 fully saturated rings. The van der Waals surface area contributed by atoms with Gasteiger partial charge < -0.3 is 9.64 Å². The third-order valence-electron chi connectivity index (χ3n) is 3.06. The summed E-state index contributed by atoms with van der Waals surface area (Å²) in [4.78, 5) is 25.6. The molecule has 0 aliphatic carbocycles. The Labute approximate surface area is 123 Å². The van der Waals surface area contributed by atoms with Crippen LogP contribution in [0, 0.1) is 6.92 Å². The summed E-state index contributed by atoms with van der Waals surface area (Å²) < 4.78 is 54.0. The van der Waals surface area contributed by atoms with Gasteiger partial charge in [-0.2, -0.15) is 17.6 Å². The van der Waals surface area contributed by atoms with Gasteiger partial charge in [-0.1, -0.05) is 0 Å². The summed E-state index contributed by atoms with van der Waals surface area (Å²) in [5.41, 5.74) is 0.248. The Hall–Kier alpha value is -2.32. The largest absolute Gasteiger partial charge is 0.461 e. The van der Waals surface area contributed by atoms with Crippen LogP contribution >= 0.6 is 0 Å². The Morgan fingerprint density at radius 3 is 2.36 bits per heavy atom. The van der Waals surface area contributed by atoms with E-state index >= 15 is 0 Å². The minimum atomic E-state index is -4.62. The van der Waals surface area contributed by atoms with Gasteiger partial charge in [0.15, 0.2) is 0 Å². The van der Waals surface area contributed by atoms with Gasteiger partial charge in [-0.25, -0.2) is 9.69 Å². The van der Waals surface area contributed by atoms with Gasteiger partial charge in [0.2, 0.25) is 0 Å². The number of carbonyl (C=O) groups is 2. The first-order valence-electron chi connectivity index (χ1n) is 6.17. The molecule has 1 aliphatic rings. The molecule has 0 radical (unpaired) electrons. The van der Waals surface area contributed by atoms with Gasteiger partial charge in [-0.3, -0.25) is 4.79 Å². The average Bonchev–Trinajstić information content (AvgIpc) is 2.65. The third-order valence-corrected chi connectivity index (χ3v) is 3.06. The van der Waals surface area contributed by atoms with Crippen molar-refractivity contribution in [1.82, 2.24) is 4.90 Å². The van der Waals surface area contributed by atoms with Crippen molar-refractivity contribution < 1.29 is 31.9 Å². The van der Waals surface area contributed by atoms with Gasteiger partial charge in [0, 0.05) is 7.05 Å². The van der Waals surface area contributed by atoms with Crippen LogP contribution in [0.2, 0.25) is 0 Å². The number of ether oxygens (including phenoxy) is 1. The topological polar surface area (TPSA) is 49.9 Å². The fourth-order valence-corrected chi connectivity index (χ4v) is 1.95. The lowest BCUT2D eigenvalue weighted by Crippen LogP contribution is -2.34. The van der Waals surface area contributed by atoms with E-state index in [1.165, 1.54) is 31.0 Å². The van der Waals surface area contributed by atoms with Crippen LogP contribution in [-0.2, 0) is 4.79 Å². The zero-order valence-electron chi connectivity index (χ0n) is 11.6. The molecule has 1 saturated heterocycles. The smallest absolute Gasteiger partial charge is 0.428 e. The highest BCUT2D eigenvalue weighted by atomic mass is 19.3. The van der Waals surface area contributed by atoms with Gasteiger partial charge in [0.25, 0.3) is 5.91 Å². The second-order valence-electron chi connectivity index (χ2n) is 4.78. The number of hydrogen-bond acceptors (Lipinski definition) is 3. The molecule has 9 heteroatoms. The lowest BCUT2D eigenvalue weighted by atomic mass is 10.2. The number of benzene rings is 1. The predicted octanol–water partition coefficient (Wildman–Crippen LogP) is 2.63. The van der Waals surface area contributed by atoms with Crippen molar-refractivity contribution in [3.8, 4) is 5.75 Å². The fourth-order valence-electron chi connectivity index (χ4n) is 1.95. The monoisotopic (exact) mass is 320 g/mol. The maximum atomic E-state index is 12.9. The van der Waals surface area contributed by atoms with E-state index < -0.39 is 30.2 Å². The van der Waals surface area contributed by atoms with Gasteiger partial charge >= 0.3 is 18.6 Å². The van der Waals surface area contributed by atoms with E-state index in [-0.39, 0.29) is 17.8 Å². The first kappa shape index (κ1) is 16.1. The number of hydrogen-bond donors (Lipinski definition) is 0. The van der Waals surface area contributed by atoms with E-state index in [9.17, 15) is 27.2 Å². The predicted molar refractivity (Wildman–Crippen MR) is 68.3 cm³/mol. The SMILES string of the molecule is Cc1cc(N2C(=O)CN(C)C2=O)ccc1OC(F)(F)C(F)F. The van der Waals surface area contributed by atoms with Crippen molar-refractivity contribution in [2.45, 2.75) is 19.5 Å². The molecular weight excluding hydrogens is 308 g/mol. The second-order valence-corrected chi connectivity index (χ2v) is 4.78. The first-order valence-corrected chi connectivity index (χ1v) is 6.17. The van der Waals surface area contributed by atoms with Crippen LogP contribution in [-0.4, -0.2) is 43.0 Å². The third kappa shape index (κ3) is 2.83. The van der Waals surface area contributed by atoms with Gasteiger partial charge in [0.1, 0.15) is 12.3 Å². The van der Waals surface area contributed by atoms with Gasteiger partial charge in [-0.15, -0.1) is 0 Å². The van der Waals surface area contributed by atoms with Crippen LogP contribution < -0.4 is 9.64 Å². The van der Waals surface area contributed by atoms with Crippen molar-refractivity contribution in [1.29, 1.82) is 0 Å².